The monoisotopic (exact) mass is 389 g/mol. The van der Waals surface area contributed by atoms with Crippen LogP contribution < -0.4 is 10.2 Å². The SMILES string of the molecule is CCCCOc1ccc(C2=NNC(c3cccs3)=Nc3ccc(C)cc32)cc1. The molecule has 3 aromatic rings. The summed E-state index contributed by atoms with van der Waals surface area (Å²) in [4.78, 5) is 5.91. The van der Waals surface area contributed by atoms with Crippen molar-refractivity contribution < 1.29 is 4.74 Å². The molecule has 0 saturated heterocycles. The number of amidine groups is 1. The van der Waals surface area contributed by atoms with Crippen molar-refractivity contribution in [2.24, 2.45) is 10.1 Å². The molecule has 0 fully saturated rings. The van der Waals surface area contributed by atoms with Crippen LogP contribution in [0.1, 0.15) is 41.3 Å². The summed E-state index contributed by atoms with van der Waals surface area (Å²) in [6.07, 6.45) is 2.19. The Morgan fingerprint density at radius 1 is 1.07 bits per heavy atom. The highest BCUT2D eigenvalue weighted by atomic mass is 32.1. The average Bonchev–Trinajstić information content (AvgIpc) is 3.18. The van der Waals surface area contributed by atoms with Gasteiger partial charge in [0.25, 0.3) is 0 Å². The van der Waals surface area contributed by atoms with Gasteiger partial charge >= 0.3 is 0 Å². The fourth-order valence-electron chi connectivity index (χ4n) is 3.04. The van der Waals surface area contributed by atoms with Gasteiger partial charge in [-0.25, -0.2) is 4.99 Å². The number of nitrogens with one attached hydrogen (secondary N) is 1. The Morgan fingerprint density at radius 3 is 2.68 bits per heavy atom. The first kappa shape index (κ1) is 18.4. The lowest BCUT2D eigenvalue weighted by Gasteiger charge is -2.10. The van der Waals surface area contributed by atoms with Crippen LogP contribution in [0.15, 0.2) is 70.1 Å². The van der Waals surface area contributed by atoms with Crippen LogP contribution in [0.25, 0.3) is 0 Å². The molecule has 0 bridgehead atoms. The Hall–Kier alpha value is -2.92. The van der Waals surface area contributed by atoms with E-state index in [-0.39, 0.29) is 0 Å². The van der Waals surface area contributed by atoms with E-state index in [9.17, 15) is 0 Å². The first-order chi connectivity index (χ1) is 13.7. The number of hydrazone groups is 1. The second-order valence-corrected chi connectivity index (χ2v) is 7.70. The van der Waals surface area contributed by atoms with Gasteiger partial charge in [-0.2, -0.15) is 5.10 Å². The van der Waals surface area contributed by atoms with Crippen LogP contribution >= 0.6 is 11.3 Å². The van der Waals surface area contributed by atoms with Crippen molar-refractivity contribution in [1.29, 1.82) is 0 Å². The Kier molecular flexibility index (Phi) is 5.53. The number of hydrogen-bond acceptors (Lipinski definition) is 5. The molecule has 0 saturated carbocycles. The van der Waals surface area contributed by atoms with Crippen molar-refractivity contribution in [1.82, 2.24) is 5.43 Å². The number of benzene rings is 2. The van der Waals surface area contributed by atoms with E-state index in [1.165, 1.54) is 5.56 Å². The lowest BCUT2D eigenvalue weighted by molar-refractivity contribution is 0.309. The highest BCUT2D eigenvalue weighted by Crippen LogP contribution is 2.28. The second-order valence-electron chi connectivity index (χ2n) is 6.76. The van der Waals surface area contributed by atoms with Gasteiger partial charge in [-0.15, -0.1) is 11.3 Å². The van der Waals surface area contributed by atoms with Gasteiger partial charge in [0.15, 0.2) is 5.84 Å². The maximum absolute atomic E-state index is 5.79. The Bertz CT molecular complexity index is 1000. The summed E-state index contributed by atoms with van der Waals surface area (Å²) in [6, 6.07) is 18.5. The van der Waals surface area contributed by atoms with Crippen LogP contribution in [0.5, 0.6) is 5.75 Å². The molecule has 4 rings (SSSR count). The molecule has 0 unspecified atom stereocenters. The minimum absolute atomic E-state index is 0.748. The number of rotatable bonds is 6. The molecule has 1 aliphatic rings. The predicted molar refractivity (Wildman–Crippen MR) is 117 cm³/mol. The van der Waals surface area contributed by atoms with Gasteiger partial charge in [-0.1, -0.05) is 31.0 Å². The van der Waals surface area contributed by atoms with Crippen molar-refractivity contribution in [2.45, 2.75) is 26.7 Å². The Balaban J connectivity index is 1.69. The van der Waals surface area contributed by atoms with Crippen LogP contribution in [0.2, 0.25) is 0 Å². The second kappa shape index (κ2) is 8.40. The largest absolute Gasteiger partial charge is 0.494 e. The summed E-state index contributed by atoms with van der Waals surface area (Å²) >= 11 is 1.65. The molecule has 5 heteroatoms. The van der Waals surface area contributed by atoms with Gasteiger partial charge in [0.2, 0.25) is 0 Å². The predicted octanol–water partition coefficient (Wildman–Crippen LogP) is 5.67. The summed E-state index contributed by atoms with van der Waals surface area (Å²) in [5, 5.41) is 6.76. The molecule has 2 aromatic carbocycles. The number of unbranched alkanes of at least 4 members (excludes halogenated alkanes) is 1. The van der Waals surface area contributed by atoms with Crippen molar-refractivity contribution in [3.63, 3.8) is 0 Å². The molecular formula is C23H23N3OS. The fourth-order valence-corrected chi connectivity index (χ4v) is 3.70. The van der Waals surface area contributed by atoms with Gasteiger partial charge in [0.05, 0.1) is 22.9 Å². The normalized spacial score (nSPS) is 13.1. The van der Waals surface area contributed by atoms with Crippen LogP contribution in [0.3, 0.4) is 0 Å². The zero-order valence-corrected chi connectivity index (χ0v) is 16.9. The van der Waals surface area contributed by atoms with E-state index in [0.29, 0.717) is 0 Å². The molecule has 0 spiro atoms. The van der Waals surface area contributed by atoms with Crippen molar-refractivity contribution in [3.05, 3.63) is 81.5 Å². The van der Waals surface area contributed by atoms with E-state index in [2.05, 4.69) is 49.6 Å². The molecule has 0 radical (unpaired) electrons. The maximum Gasteiger partial charge on any atom is 0.164 e. The third kappa shape index (κ3) is 3.99. The number of hydrogen-bond donors (Lipinski definition) is 1. The van der Waals surface area contributed by atoms with Gasteiger partial charge in [0.1, 0.15) is 5.75 Å². The molecule has 4 nitrogen and oxygen atoms in total. The molecule has 1 aliphatic heterocycles. The molecule has 28 heavy (non-hydrogen) atoms. The lowest BCUT2D eigenvalue weighted by atomic mass is 9.99. The molecule has 1 aromatic heterocycles. The zero-order valence-electron chi connectivity index (χ0n) is 16.1. The highest BCUT2D eigenvalue weighted by molar-refractivity contribution is 7.12. The van der Waals surface area contributed by atoms with Gasteiger partial charge in [-0.3, -0.25) is 5.43 Å². The molecule has 2 heterocycles. The average molecular weight is 390 g/mol. The molecule has 0 amide bonds. The van der Waals surface area contributed by atoms with E-state index in [4.69, 9.17) is 14.8 Å². The smallest absolute Gasteiger partial charge is 0.164 e. The van der Waals surface area contributed by atoms with Crippen LogP contribution in [-0.4, -0.2) is 18.2 Å². The zero-order chi connectivity index (χ0) is 19.3. The fraction of sp³-hybridized carbons (Fsp3) is 0.217. The van der Waals surface area contributed by atoms with E-state index >= 15 is 0 Å². The number of aliphatic imine (C=N–C) groups is 1. The number of thiophene rings is 1. The number of nitrogens with zero attached hydrogens (tertiary/aromatic N) is 2. The highest BCUT2D eigenvalue weighted by Gasteiger charge is 2.18. The minimum atomic E-state index is 0.748. The van der Waals surface area contributed by atoms with Crippen LogP contribution in [0, 0.1) is 6.92 Å². The third-order valence-corrected chi connectivity index (χ3v) is 5.44. The van der Waals surface area contributed by atoms with E-state index in [0.717, 1.165) is 58.4 Å². The topological polar surface area (TPSA) is 46.0 Å². The quantitative estimate of drug-likeness (QED) is 0.552. The first-order valence-electron chi connectivity index (χ1n) is 9.55. The Morgan fingerprint density at radius 2 is 1.93 bits per heavy atom. The molecule has 142 valence electrons. The summed E-state index contributed by atoms with van der Waals surface area (Å²) in [7, 11) is 0. The van der Waals surface area contributed by atoms with Crippen LogP contribution in [-0.2, 0) is 0 Å². The molecule has 0 aliphatic carbocycles. The van der Waals surface area contributed by atoms with E-state index in [1.54, 1.807) is 11.3 Å². The number of ether oxygens (including phenoxy) is 1. The van der Waals surface area contributed by atoms with Crippen molar-refractivity contribution in [3.8, 4) is 5.75 Å². The van der Waals surface area contributed by atoms with Crippen molar-refractivity contribution in [2.75, 3.05) is 6.61 Å². The minimum Gasteiger partial charge on any atom is -0.494 e. The Labute approximate surface area is 169 Å². The van der Waals surface area contributed by atoms with E-state index in [1.807, 2.05) is 29.6 Å². The molecule has 1 N–H and O–H groups in total. The first-order valence-corrected chi connectivity index (χ1v) is 10.4. The third-order valence-electron chi connectivity index (χ3n) is 4.56. The maximum atomic E-state index is 5.79. The van der Waals surface area contributed by atoms with E-state index < -0.39 is 0 Å². The summed E-state index contributed by atoms with van der Waals surface area (Å²) < 4.78 is 5.79. The number of aryl methyl sites for hydroxylation is 1. The molecule has 0 atom stereocenters. The lowest BCUT2D eigenvalue weighted by Crippen LogP contribution is -2.18. The van der Waals surface area contributed by atoms with Gasteiger partial charge in [0, 0.05) is 11.1 Å². The van der Waals surface area contributed by atoms with Gasteiger partial charge in [-0.05, 0) is 61.2 Å². The van der Waals surface area contributed by atoms with Gasteiger partial charge < -0.3 is 4.74 Å². The number of fused-ring (bicyclic) bond motifs is 1. The molecular weight excluding hydrogens is 366 g/mol. The summed E-state index contributed by atoms with van der Waals surface area (Å²) in [6.45, 7) is 5.00. The summed E-state index contributed by atoms with van der Waals surface area (Å²) in [5.41, 5.74) is 8.21. The van der Waals surface area contributed by atoms with Crippen LogP contribution in [0.4, 0.5) is 5.69 Å². The van der Waals surface area contributed by atoms with Crippen molar-refractivity contribution >= 4 is 28.6 Å². The standard InChI is InChI=1S/C23H23N3OS/c1-3-4-13-27-18-10-8-17(9-11-18)22-19-15-16(2)7-12-20(19)24-23(26-25-22)21-6-5-14-28-21/h5-12,14-15H,3-4,13H2,1-2H3,(H,24,26). The summed E-state index contributed by atoms with van der Waals surface area (Å²) in [5.74, 6) is 1.66.